The van der Waals surface area contributed by atoms with Crippen LogP contribution >= 0.6 is 0 Å². The van der Waals surface area contributed by atoms with Crippen LogP contribution in [0.2, 0.25) is 0 Å². The molecule has 3 N–H and O–H groups in total. The van der Waals surface area contributed by atoms with E-state index in [9.17, 15) is 4.79 Å². The molecular formula is C23H38N2O5. The van der Waals surface area contributed by atoms with Gasteiger partial charge >= 0.3 is 6.09 Å². The molecule has 6 atom stereocenters. The number of nitrogens with two attached hydrogens (primary N) is 1. The van der Waals surface area contributed by atoms with Crippen LogP contribution in [0.3, 0.4) is 0 Å². The maximum absolute atomic E-state index is 12.6. The highest BCUT2D eigenvalue weighted by molar-refractivity contribution is 5.68. The molecule has 2 saturated carbocycles. The summed E-state index contributed by atoms with van der Waals surface area (Å²) in [6.45, 7) is 7.09. The van der Waals surface area contributed by atoms with Crippen molar-refractivity contribution in [3.05, 3.63) is 11.6 Å². The molecule has 0 bridgehead atoms. The van der Waals surface area contributed by atoms with Crippen molar-refractivity contribution in [3.8, 4) is 0 Å². The lowest BCUT2D eigenvalue weighted by Crippen LogP contribution is -2.56. The fourth-order valence-corrected chi connectivity index (χ4v) is 5.67. The Kier molecular flexibility index (Phi) is 6.19. The largest absolute Gasteiger partial charge is 0.443 e. The minimum atomic E-state index is -0.350. The maximum Gasteiger partial charge on any atom is 0.407 e. The number of carbonyl (C=O) groups excluding carboxylic acids is 1. The molecular weight excluding hydrogens is 384 g/mol. The van der Waals surface area contributed by atoms with Crippen LogP contribution in [0.15, 0.2) is 11.6 Å². The quantitative estimate of drug-likeness (QED) is 0.504. The fourth-order valence-electron chi connectivity index (χ4n) is 5.67. The lowest BCUT2D eigenvalue weighted by molar-refractivity contribution is -0.118. The number of nitrogens with one attached hydrogen (secondary N) is 1. The van der Waals surface area contributed by atoms with Crippen LogP contribution in [0.1, 0.15) is 65.7 Å². The summed E-state index contributed by atoms with van der Waals surface area (Å²) in [5, 5.41) is 3.04. The van der Waals surface area contributed by atoms with E-state index in [0.717, 1.165) is 51.6 Å². The Bertz CT molecular complexity index is 667. The van der Waals surface area contributed by atoms with E-state index < -0.39 is 0 Å². The van der Waals surface area contributed by atoms with Gasteiger partial charge in [-0.1, -0.05) is 11.6 Å². The summed E-state index contributed by atoms with van der Waals surface area (Å²) < 4.78 is 24.0. The molecule has 1 amide bonds. The van der Waals surface area contributed by atoms with Gasteiger partial charge in [0.15, 0.2) is 0 Å². The number of carbonyl (C=O) groups is 1. The predicted molar refractivity (Wildman–Crippen MR) is 113 cm³/mol. The first-order chi connectivity index (χ1) is 14.3. The summed E-state index contributed by atoms with van der Waals surface area (Å²) in [4.78, 5) is 12.6. The first kappa shape index (κ1) is 22.1. The van der Waals surface area contributed by atoms with E-state index >= 15 is 0 Å². The zero-order valence-corrected chi connectivity index (χ0v) is 18.8. The molecule has 0 aromatic heterocycles. The van der Waals surface area contributed by atoms with Crippen LogP contribution in [0.25, 0.3) is 0 Å². The zero-order valence-electron chi connectivity index (χ0n) is 18.8. The van der Waals surface area contributed by atoms with Crippen molar-refractivity contribution in [2.75, 3.05) is 13.7 Å². The standard InChI is InChI=1S/C23H38N2O5/c1-14(2)5-10-18-22(3,30-18)20-19(27-4)17(11-12-23(20)13-28-23)29-21(26)25-16-8-6-15(24)7-9-16/h5,15-20H,6-13,24H2,1-4H3,(H,25,26)/t15-,16-,17-,18+,19?,20?,22-,23-/m0/s1. The number of hydrogen-bond acceptors (Lipinski definition) is 6. The summed E-state index contributed by atoms with van der Waals surface area (Å²) >= 11 is 0. The number of allylic oxidation sites excluding steroid dienone is 1. The van der Waals surface area contributed by atoms with Gasteiger partial charge < -0.3 is 30.0 Å². The van der Waals surface area contributed by atoms with E-state index in [-0.39, 0.29) is 53.6 Å². The average Bonchev–Trinajstić information content (AvgIpc) is 3.61. The van der Waals surface area contributed by atoms with Crippen molar-refractivity contribution in [3.63, 3.8) is 0 Å². The molecule has 2 aliphatic heterocycles. The van der Waals surface area contributed by atoms with Crippen molar-refractivity contribution in [1.82, 2.24) is 5.32 Å². The second-order valence-electron chi connectivity index (χ2n) is 10.1. The van der Waals surface area contributed by atoms with Crippen LogP contribution in [0, 0.1) is 5.92 Å². The Morgan fingerprint density at radius 3 is 2.53 bits per heavy atom. The number of hydrogen-bond donors (Lipinski definition) is 2. The van der Waals surface area contributed by atoms with Crippen LogP contribution in [-0.4, -0.2) is 61.4 Å². The van der Waals surface area contributed by atoms with Crippen LogP contribution < -0.4 is 11.1 Å². The normalized spacial score (nSPS) is 45.0. The van der Waals surface area contributed by atoms with Crippen LogP contribution in [0.4, 0.5) is 4.79 Å². The van der Waals surface area contributed by atoms with Gasteiger partial charge in [-0.25, -0.2) is 4.79 Å². The molecule has 0 aromatic rings. The Labute approximate surface area is 180 Å². The Morgan fingerprint density at radius 1 is 1.23 bits per heavy atom. The van der Waals surface area contributed by atoms with Gasteiger partial charge in [-0.05, 0) is 65.7 Å². The summed E-state index contributed by atoms with van der Waals surface area (Å²) in [5.74, 6) is 0.0461. The first-order valence-electron chi connectivity index (χ1n) is 11.5. The third-order valence-electron chi connectivity index (χ3n) is 7.59. The monoisotopic (exact) mass is 422 g/mol. The second-order valence-corrected chi connectivity index (χ2v) is 10.1. The van der Waals surface area contributed by atoms with Crippen LogP contribution in [0.5, 0.6) is 0 Å². The van der Waals surface area contributed by atoms with E-state index in [1.807, 2.05) is 0 Å². The maximum atomic E-state index is 12.6. The molecule has 2 aliphatic carbocycles. The zero-order chi connectivity index (χ0) is 21.5. The molecule has 4 rings (SSSR count). The highest BCUT2D eigenvalue weighted by Crippen LogP contribution is 2.59. The third kappa shape index (κ3) is 4.40. The van der Waals surface area contributed by atoms with E-state index in [1.165, 1.54) is 5.57 Å². The van der Waals surface area contributed by atoms with E-state index in [0.29, 0.717) is 0 Å². The number of methoxy groups -OCH3 is 1. The summed E-state index contributed by atoms with van der Waals surface area (Å²) in [5.41, 5.74) is 6.74. The Morgan fingerprint density at radius 2 is 1.93 bits per heavy atom. The molecule has 2 heterocycles. The smallest absolute Gasteiger partial charge is 0.407 e. The molecule has 0 aromatic carbocycles. The van der Waals surface area contributed by atoms with Crippen molar-refractivity contribution in [2.45, 2.75) is 107 Å². The average molecular weight is 423 g/mol. The molecule has 2 saturated heterocycles. The van der Waals surface area contributed by atoms with E-state index in [2.05, 4.69) is 32.2 Å². The number of epoxide rings is 2. The number of amides is 1. The molecule has 0 radical (unpaired) electrons. The van der Waals surface area contributed by atoms with Gasteiger partial charge in [0.25, 0.3) is 0 Å². The fraction of sp³-hybridized carbons (Fsp3) is 0.870. The van der Waals surface area contributed by atoms with Crippen molar-refractivity contribution < 1.29 is 23.7 Å². The van der Waals surface area contributed by atoms with Crippen molar-refractivity contribution in [1.29, 1.82) is 0 Å². The summed E-state index contributed by atoms with van der Waals surface area (Å²) in [7, 11) is 1.70. The third-order valence-corrected chi connectivity index (χ3v) is 7.59. The van der Waals surface area contributed by atoms with Crippen molar-refractivity contribution in [2.24, 2.45) is 11.7 Å². The molecule has 7 nitrogen and oxygen atoms in total. The molecule has 170 valence electrons. The van der Waals surface area contributed by atoms with E-state index in [4.69, 9.17) is 24.7 Å². The SMILES string of the molecule is COC1C([C@@]2(C)O[C@@H]2CC=C(C)C)[C@]2(CC[C@@H]1OC(=O)N[C@H]1CC[C@H](N)CC1)CO2. The lowest BCUT2D eigenvalue weighted by atomic mass is 9.68. The molecule has 4 aliphatic rings. The van der Waals surface area contributed by atoms with E-state index in [1.54, 1.807) is 7.11 Å². The molecule has 4 fully saturated rings. The van der Waals surface area contributed by atoms with Gasteiger partial charge in [0.2, 0.25) is 0 Å². The minimum absolute atomic E-state index is 0.0461. The lowest BCUT2D eigenvalue weighted by Gasteiger charge is -2.42. The summed E-state index contributed by atoms with van der Waals surface area (Å²) in [6, 6.07) is 0.401. The number of rotatable bonds is 6. The van der Waals surface area contributed by atoms with Crippen molar-refractivity contribution >= 4 is 6.09 Å². The van der Waals surface area contributed by atoms with Gasteiger partial charge in [0.1, 0.15) is 23.4 Å². The van der Waals surface area contributed by atoms with Gasteiger partial charge in [-0.15, -0.1) is 0 Å². The van der Waals surface area contributed by atoms with Gasteiger partial charge in [-0.3, -0.25) is 0 Å². The van der Waals surface area contributed by atoms with Gasteiger partial charge in [-0.2, -0.15) is 0 Å². The predicted octanol–water partition coefficient (Wildman–Crippen LogP) is 3.06. The highest BCUT2D eigenvalue weighted by atomic mass is 16.6. The summed E-state index contributed by atoms with van der Waals surface area (Å²) in [6.07, 6.45) is 7.68. The Balaban J connectivity index is 1.40. The molecule has 7 heteroatoms. The number of ether oxygens (including phenoxy) is 4. The second kappa shape index (κ2) is 8.41. The topological polar surface area (TPSA) is 98.6 Å². The van der Waals surface area contributed by atoms with Gasteiger partial charge in [0.05, 0.1) is 18.6 Å². The molecule has 2 unspecified atom stereocenters. The molecule has 30 heavy (non-hydrogen) atoms. The van der Waals surface area contributed by atoms with Crippen LogP contribution in [-0.2, 0) is 18.9 Å². The molecule has 1 spiro atoms. The Hall–Kier alpha value is -1.15. The first-order valence-corrected chi connectivity index (χ1v) is 11.5. The minimum Gasteiger partial charge on any atom is -0.443 e. The highest BCUT2D eigenvalue weighted by Gasteiger charge is 2.72. The van der Waals surface area contributed by atoms with Gasteiger partial charge in [0, 0.05) is 19.2 Å². The number of alkyl carbamates (subject to hydrolysis) is 1.